The number of halogens is 1. The van der Waals surface area contributed by atoms with E-state index in [1.807, 2.05) is 56.3 Å². The summed E-state index contributed by atoms with van der Waals surface area (Å²) in [6.45, 7) is 3.93. The van der Waals surface area contributed by atoms with Crippen LogP contribution in [0.25, 0.3) is 10.9 Å². The van der Waals surface area contributed by atoms with Crippen LogP contribution in [0.4, 0.5) is 11.4 Å². The highest BCUT2D eigenvalue weighted by molar-refractivity contribution is 9.10. The number of benzene rings is 2. The van der Waals surface area contributed by atoms with Crippen LogP contribution in [0.3, 0.4) is 0 Å². The van der Waals surface area contributed by atoms with E-state index in [0.717, 1.165) is 21.0 Å². The highest BCUT2D eigenvalue weighted by atomic mass is 79.9. The first-order chi connectivity index (χ1) is 11.5. The Kier molecular flexibility index (Phi) is 4.49. The van der Waals surface area contributed by atoms with Crippen molar-refractivity contribution in [3.05, 3.63) is 74.4 Å². The fourth-order valence-corrected chi connectivity index (χ4v) is 2.97. The molecule has 122 valence electrons. The van der Waals surface area contributed by atoms with Gasteiger partial charge in [0.15, 0.2) is 0 Å². The van der Waals surface area contributed by atoms with Gasteiger partial charge in [0.2, 0.25) is 0 Å². The van der Waals surface area contributed by atoms with Gasteiger partial charge in [-0.1, -0.05) is 46.3 Å². The Bertz CT molecular complexity index is 913. The first-order valence-electron chi connectivity index (χ1n) is 7.52. The molecule has 0 fully saturated rings. The molecule has 0 saturated heterocycles. The summed E-state index contributed by atoms with van der Waals surface area (Å²) < 4.78 is 0.929. The van der Waals surface area contributed by atoms with E-state index in [9.17, 15) is 10.1 Å². The van der Waals surface area contributed by atoms with Gasteiger partial charge in [0.1, 0.15) is 11.9 Å². The van der Waals surface area contributed by atoms with Crippen LogP contribution in [0, 0.1) is 17.0 Å². The van der Waals surface area contributed by atoms with Gasteiger partial charge in [-0.15, -0.1) is 0 Å². The van der Waals surface area contributed by atoms with Crippen LogP contribution in [-0.4, -0.2) is 9.91 Å². The van der Waals surface area contributed by atoms with Crippen molar-refractivity contribution in [1.29, 1.82) is 0 Å². The van der Waals surface area contributed by atoms with Crippen LogP contribution in [-0.2, 0) is 0 Å². The quantitative estimate of drug-likeness (QED) is 0.482. The summed E-state index contributed by atoms with van der Waals surface area (Å²) in [6.07, 6.45) is 1.31. The lowest BCUT2D eigenvalue weighted by atomic mass is 10.1. The number of hydrogen-bond acceptors (Lipinski definition) is 4. The van der Waals surface area contributed by atoms with E-state index in [4.69, 9.17) is 0 Å². The maximum atomic E-state index is 11.5. The van der Waals surface area contributed by atoms with Crippen molar-refractivity contribution in [1.82, 2.24) is 4.98 Å². The largest absolute Gasteiger partial charge is 0.372 e. The van der Waals surface area contributed by atoms with Crippen LogP contribution >= 0.6 is 15.9 Å². The molecule has 0 bridgehead atoms. The highest BCUT2D eigenvalue weighted by Gasteiger charge is 2.20. The van der Waals surface area contributed by atoms with Gasteiger partial charge in [-0.05, 0) is 37.1 Å². The second-order valence-corrected chi connectivity index (χ2v) is 6.53. The highest BCUT2D eigenvalue weighted by Crippen LogP contribution is 2.36. The molecule has 1 aromatic heterocycles. The SMILES string of the molecule is Cc1cc2c(NC(C)c3ccccc3)c([N+](=O)[O-])cnc2cc1Br. The third-order valence-corrected chi connectivity index (χ3v) is 4.84. The summed E-state index contributed by atoms with van der Waals surface area (Å²) in [5.41, 5.74) is 3.25. The van der Waals surface area contributed by atoms with Crippen LogP contribution in [0.5, 0.6) is 0 Å². The zero-order valence-corrected chi connectivity index (χ0v) is 14.9. The predicted molar refractivity (Wildman–Crippen MR) is 99.3 cm³/mol. The van der Waals surface area contributed by atoms with Crippen molar-refractivity contribution in [2.45, 2.75) is 19.9 Å². The second kappa shape index (κ2) is 6.57. The van der Waals surface area contributed by atoms with Gasteiger partial charge < -0.3 is 5.32 Å². The van der Waals surface area contributed by atoms with Crippen LogP contribution in [0.2, 0.25) is 0 Å². The van der Waals surface area contributed by atoms with Crippen molar-refractivity contribution in [2.75, 3.05) is 5.32 Å². The Morgan fingerprint density at radius 2 is 1.96 bits per heavy atom. The lowest BCUT2D eigenvalue weighted by Gasteiger charge is -2.17. The maximum Gasteiger partial charge on any atom is 0.311 e. The molecule has 0 saturated carbocycles. The van der Waals surface area contributed by atoms with Gasteiger partial charge >= 0.3 is 5.69 Å². The van der Waals surface area contributed by atoms with Crippen molar-refractivity contribution in [2.24, 2.45) is 0 Å². The van der Waals surface area contributed by atoms with E-state index in [-0.39, 0.29) is 11.7 Å². The molecular weight excluding hydrogens is 370 g/mol. The Labute approximate surface area is 148 Å². The third kappa shape index (κ3) is 3.10. The molecule has 6 heteroatoms. The predicted octanol–water partition coefficient (Wildman–Crippen LogP) is 5.39. The van der Waals surface area contributed by atoms with E-state index in [0.29, 0.717) is 11.2 Å². The molecule has 24 heavy (non-hydrogen) atoms. The molecule has 0 amide bonds. The fraction of sp³-hybridized carbons (Fsp3) is 0.167. The molecule has 1 unspecified atom stereocenters. The molecule has 3 aromatic rings. The number of nitro groups is 1. The molecule has 2 aromatic carbocycles. The summed E-state index contributed by atoms with van der Waals surface area (Å²) in [4.78, 5) is 15.3. The van der Waals surface area contributed by atoms with Gasteiger partial charge in [0.25, 0.3) is 0 Å². The van der Waals surface area contributed by atoms with Crippen molar-refractivity contribution in [3.8, 4) is 0 Å². The molecule has 0 aliphatic heterocycles. The van der Waals surface area contributed by atoms with E-state index in [1.165, 1.54) is 6.20 Å². The maximum absolute atomic E-state index is 11.5. The smallest absolute Gasteiger partial charge is 0.311 e. The number of anilines is 1. The third-order valence-electron chi connectivity index (χ3n) is 3.99. The standard InChI is InChI=1S/C18H16BrN3O2/c1-11-8-14-16(9-15(11)19)20-10-17(22(23)24)18(14)21-12(2)13-6-4-3-5-7-13/h3-10,12H,1-2H3,(H,20,21). The summed E-state index contributed by atoms with van der Waals surface area (Å²) in [5.74, 6) is 0. The van der Waals surface area contributed by atoms with E-state index < -0.39 is 4.92 Å². The molecule has 0 aliphatic rings. The number of fused-ring (bicyclic) bond motifs is 1. The fourth-order valence-electron chi connectivity index (χ4n) is 2.64. The Hall–Kier alpha value is -2.47. The summed E-state index contributed by atoms with van der Waals surface area (Å²) in [5, 5.41) is 15.5. The van der Waals surface area contributed by atoms with Gasteiger partial charge in [-0.25, -0.2) is 4.98 Å². The number of rotatable bonds is 4. The molecule has 1 N–H and O–H groups in total. The minimum absolute atomic E-state index is 0.0213. The average Bonchev–Trinajstić information content (AvgIpc) is 2.57. The van der Waals surface area contributed by atoms with Crippen LogP contribution in [0.1, 0.15) is 24.1 Å². The molecule has 0 radical (unpaired) electrons. The van der Waals surface area contributed by atoms with Crippen molar-refractivity contribution >= 4 is 38.2 Å². The van der Waals surface area contributed by atoms with Gasteiger partial charge in [-0.3, -0.25) is 10.1 Å². The monoisotopic (exact) mass is 385 g/mol. The lowest BCUT2D eigenvalue weighted by Crippen LogP contribution is -2.09. The number of aryl methyl sites for hydroxylation is 1. The minimum Gasteiger partial charge on any atom is -0.372 e. The normalized spacial score (nSPS) is 12.1. The Morgan fingerprint density at radius 3 is 2.62 bits per heavy atom. The molecule has 1 heterocycles. The zero-order valence-electron chi connectivity index (χ0n) is 13.3. The zero-order chi connectivity index (χ0) is 17.3. The molecular formula is C18H16BrN3O2. The van der Waals surface area contributed by atoms with Gasteiger partial charge in [-0.2, -0.15) is 0 Å². The first kappa shape index (κ1) is 16.4. The molecule has 0 spiro atoms. The average molecular weight is 386 g/mol. The minimum atomic E-state index is -0.399. The molecule has 0 aliphatic carbocycles. The number of nitrogens with zero attached hydrogens (tertiary/aromatic N) is 2. The Morgan fingerprint density at radius 1 is 1.25 bits per heavy atom. The number of hydrogen-bond donors (Lipinski definition) is 1. The molecule has 3 rings (SSSR count). The van der Waals surface area contributed by atoms with E-state index in [2.05, 4.69) is 26.2 Å². The molecule has 1 atom stereocenters. The van der Waals surface area contributed by atoms with E-state index in [1.54, 1.807) is 0 Å². The van der Waals surface area contributed by atoms with Gasteiger partial charge in [0, 0.05) is 15.9 Å². The van der Waals surface area contributed by atoms with Crippen molar-refractivity contribution in [3.63, 3.8) is 0 Å². The van der Waals surface area contributed by atoms with Gasteiger partial charge in [0.05, 0.1) is 10.4 Å². The topological polar surface area (TPSA) is 68.1 Å². The number of aromatic nitrogens is 1. The summed E-state index contributed by atoms with van der Waals surface area (Å²) in [6, 6.07) is 13.6. The number of nitrogens with one attached hydrogen (secondary N) is 1. The van der Waals surface area contributed by atoms with Crippen molar-refractivity contribution < 1.29 is 4.92 Å². The first-order valence-corrected chi connectivity index (χ1v) is 8.31. The van der Waals surface area contributed by atoms with Crippen LogP contribution in [0.15, 0.2) is 53.1 Å². The lowest BCUT2D eigenvalue weighted by molar-refractivity contribution is -0.384. The second-order valence-electron chi connectivity index (χ2n) is 5.67. The van der Waals surface area contributed by atoms with Crippen LogP contribution < -0.4 is 5.32 Å². The Balaban J connectivity index is 2.14. The van der Waals surface area contributed by atoms with E-state index >= 15 is 0 Å². The number of pyridine rings is 1. The molecule has 5 nitrogen and oxygen atoms in total. The summed E-state index contributed by atoms with van der Waals surface area (Å²) in [7, 11) is 0. The summed E-state index contributed by atoms with van der Waals surface area (Å²) >= 11 is 3.48.